The van der Waals surface area contributed by atoms with Crippen LogP contribution in [-0.2, 0) is 6.54 Å². The highest BCUT2D eigenvalue weighted by Gasteiger charge is 2.13. The molecule has 6 heteroatoms. The minimum atomic E-state index is -2.93. The largest absolute Gasteiger partial charge is 0.433 e. The number of rotatable bonds is 5. The van der Waals surface area contributed by atoms with Crippen molar-refractivity contribution in [1.82, 2.24) is 0 Å². The number of hydrogen-bond donors (Lipinski definition) is 1. The van der Waals surface area contributed by atoms with Gasteiger partial charge in [0.05, 0.1) is 5.69 Å². The van der Waals surface area contributed by atoms with E-state index in [2.05, 4.69) is 10.1 Å². The van der Waals surface area contributed by atoms with E-state index >= 15 is 0 Å². The quantitative estimate of drug-likeness (QED) is 0.838. The van der Waals surface area contributed by atoms with E-state index in [0.717, 1.165) is 0 Å². The Morgan fingerprint density at radius 2 is 1.90 bits per heavy atom. The zero-order valence-corrected chi connectivity index (χ0v) is 11.9. The number of hydrogen-bond acceptors (Lipinski definition) is 2. The highest BCUT2D eigenvalue weighted by atomic mass is 35.5. The first-order chi connectivity index (χ1) is 9.99. The molecule has 0 radical (unpaired) electrons. The summed E-state index contributed by atoms with van der Waals surface area (Å²) in [6.07, 6.45) is 0. The summed E-state index contributed by atoms with van der Waals surface area (Å²) in [6, 6.07) is 9.12. The lowest BCUT2D eigenvalue weighted by Crippen LogP contribution is -2.08. The van der Waals surface area contributed by atoms with E-state index in [0.29, 0.717) is 11.3 Å². The van der Waals surface area contributed by atoms with E-state index in [1.54, 1.807) is 25.1 Å². The van der Waals surface area contributed by atoms with E-state index in [1.807, 2.05) is 0 Å². The second-order valence-electron chi connectivity index (χ2n) is 4.38. The number of benzene rings is 2. The molecule has 1 N–H and O–H groups in total. The van der Waals surface area contributed by atoms with Crippen molar-refractivity contribution < 1.29 is 17.9 Å². The topological polar surface area (TPSA) is 21.3 Å². The Morgan fingerprint density at radius 1 is 1.19 bits per heavy atom. The van der Waals surface area contributed by atoms with Crippen molar-refractivity contribution >= 4 is 17.3 Å². The van der Waals surface area contributed by atoms with Crippen LogP contribution in [0.1, 0.15) is 11.1 Å². The summed E-state index contributed by atoms with van der Waals surface area (Å²) in [4.78, 5) is 0. The molecule has 2 nitrogen and oxygen atoms in total. The highest BCUT2D eigenvalue weighted by Crippen LogP contribution is 2.30. The van der Waals surface area contributed by atoms with Crippen molar-refractivity contribution in [3.05, 3.63) is 58.4 Å². The van der Waals surface area contributed by atoms with Gasteiger partial charge in [-0.1, -0.05) is 29.8 Å². The van der Waals surface area contributed by atoms with E-state index in [4.69, 9.17) is 11.6 Å². The van der Waals surface area contributed by atoms with Crippen LogP contribution in [0.5, 0.6) is 5.75 Å². The Balaban J connectivity index is 2.24. The van der Waals surface area contributed by atoms with Crippen LogP contribution >= 0.6 is 11.6 Å². The molecule has 0 atom stereocenters. The third-order valence-electron chi connectivity index (χ3n) is 2.95. The number of halogens is 4. The average Bonchev–Trinajstić information content (AvgIpc) is 2.40. The Morgan fingerprint density at radius 3 is 2.57 bits per heavy atom. The van der Waals surface area contributed by atoms with Gasteiger partial charge in [0.1, 0.15) is 11.6 Å². The van der Waals surface area contributed by atoms with E-state index in [-0.39, 0.29) is 22.9 Å². The van der Waals surface area contributed by atoms with Crippen LogP contribution in [-0.4, -0.2) is 6.61 Å². The van der Waals surface area contributed by atoms with Crippen LogP contribution in [0.2, 0.25) is 5.02 Å². The molecule has 0 unspecified atom stereocenters. The van der Waals surface area contributed by atoms with Crippen molar-refractivity contribution in [3.8, 4) is 5.75 Å². The van der Waals surface area contributed by atoms with Gasteiger partial charge in [0, 0.05) is 17.1 Å². The molecule has 0 saturated carbocycles. The fourth-order valence-electron chi connectivity index (χ4n) is 1.94. The maximum Gasteiger partial charge on any atom is 0.387 e. The van der Waals surface area contributed by atoms with Gasteiger partial charge in [-0.3, -0.25) is 0 Å². The summed E-state index contributed by atoms with van der Waals surface area (Å²) >= 11 is 5.93. The summed E-state index contributed by atoms with van der Waals surface area (Å²) in [6.45, 7) is -1.12. The van der Waals surface area contributed by atoms with Crippen LogP contribution in [0.15, 0.2) is 36.4 Å². The van der Waals surface area contributed by atoms with Crippen molar-refractivity contribution in [2.75, 3.05) is 5.32 Å². The molecule has 0 bridgehead atoms. The second-order valence-corrected chi connectivity index (χ2v) is 4.79. The molecule has 0 saturated heterocycles. The lowest BCUT2D eigenvalue weighted by molar-refractivity contribution is -0.0493. The Labute approximate surface area is 125 Å². The molecule has 0 aliphatic carbocycles. The van der Waals surface area contributed by atoms with Gasteiger partial charge in [-0.25, -0.2) is 4.39 Å². The summed E-state index contributed by atoms with van der Waals surface area (Å²) in [7, 11) is 0. The molecule has 0 amide bonds. The van der Waals surface area contributed by atoms with Crippen LogP contribution < -0.4 is 10.1 Å². The van der Waals surface area contributed by atoms with E-state index in [9.17, 15) is 13.2 Å². The molecule has 2 aromatic carbocycles. The number of nitrogens with one attached hydrogen (secondary N) is 1. The molecule has 0 spiro atoms. The van der Waals surface area contributed by atoms with Crippen LogP contribution in [0, 0.1) is 12.7 Å². The van der Waals surface area contributed by atoms with Crippen LogP contribution in [0.25, 0.3) is 0 Å². The summed E-state index contributed by atoms with van der Waals surface area (Å²) in [5, 5.41) is 3.17. The SMILES string of the molecule is Cc1cccc(OC(F)F)c1NCc1c(F)cccc1Cl. The Hall–Kier alpha value is -1.88. The maximum atomic E-state index is 13.7. The molecular weight excluding hydrogens is 303 g/mol. The summed E-state index contributed by atoms with van der Waals surface area (Å²) < 4.78 is 42.9. The minimum absolute atomic E-state index is 0.0115. The van der Waals surface area contributed by atoms with Crippen molar-refractivity contribution in [2.24, 2.45) is 0 Å². The highest BCUT2D eigenvalue weighted by molar-refractivity contribution is 6.31. The first-order valence-electron chi connectivity index (χ1n) is 6.20. The van der Waals surface area contributed by atoms with E-state index in [1.165, 1.54) is 18.2 Å². The molecule has 0 aliphatic rings. The summed E-state index contributed by atoms with van der Waals surface area (Å²) in [5.74, 6) is -0.447. The third-order valence-corrected chi connectivity index (χ3v) is 3.31. The molecule has 2 rings (SSSR count). The zero-order valence-electron chi connectivity index (χ0n) is 11.2. The predicted molar refractivity (Wildman–Crippen MR) is 76.5 cm³/mol. The van der Waals surface area contributed by atoms with Gasteiger partial charge in [0.2, 0.25) is 0 Å². The van der Waals surface area contributed by atoms with Gasteiger partial charge >= 0.3 is 6.61 Å². The molecular formula is C15H13ClF3NO. The van der Waals surface area contributed by atoms with Crippen LogP contribution in [0.4, 0.5) is 18.9 Å². The molecule has 112 valence electrons. The number of alkyl halides is 2. The third kappa shape index (κ3) is 3.82. The Kier molecular flexibility index (Phi) is 4.96. The second kappa shape index (κ2) is 6.72. The predicted octanol–water partition coefficient (Wildman–Crippen LogP) is 5.00. The lowest BCUT2D eigenvalue weighted by atomic mass is 10.1. The minimum Gasteiger partial charge on any atom is -0.433 e. The molecule has 0 fully saturated rings. The molecule has 2 aromatic rings. The number of anilines is 1. The van der Waals surface area contributed by atoms with Gasteiger partial charge in [-0.2, -0.15) is 8.78 Å². The standard InChI is InChI=1S/C15H13ClF3NO/c1-9-4-2-7-13(21-15(18)19)14(9)20-8-10-11(16)5-3-6-12(10)17/h2-7,15,20H,8H2,1H3. The monoisotopic (exact) mass is 315 g/mol. The number of aryl methyl sites for hydroxylation is 1. The van der Waals surface area contributed by atoms with Gasteiger partial charge in [-0.05, 0) is 30.7 Å². The fourth-order valence-corrected chi connectivity index (χ4v) is 2.17. The first-order valence-corrected chi connectivity index (χ1v) is 6.58. The van der Waals surface area contributed by atoms with Gasteiger partial charge in [0.25, 0.3) is 0 Å². The van der Waals surface area contributed by atoms with Gasteiger partial charge in [0.15, 0.2) is 0 Å². The smallest absolute Gasteiger partial charge is 0.387 e. The molecule has 0 aliphatic heterocycles. The molecule has 0 heterocycles. The lowest BCUT2D eigenvalue weighted by Gasteiger charge is -2.16. The number of para-hydroxylation sites is 1. The first kappa shape index (κ1) is 15.5. The fraction of sp³-hybridized carbons (Fsp3) is 0.200. The van der Waals surface area contributed by atoms with E-state index < -0.39 is 12.4 Å². The van der Waals surface area contributed by atoms with Crippen molar-refractivity contribution in [3.63, 3.8) is 0 Å². The zero-order chi connectivity index (χ0) is 15.4. The van der Waals surface area contributed by atoms with Gasteiger partial charge < -0.3 is 10.1 Å². The van der Waals surface area contributed by atoms with Crippen molar-refractivity contribution in [1.29, 1.82) is 0 Å². The maximum absolute atomic E-state index is 13.7. The van der Waals surface area contributed by atoms with Crippen LogP contribution in [0.3, 0.4) is 0 Å². The molecule has 21 heavy (non-hydrogen) atoms. The number of ether oxygens (including phenoxy) is 1. The molecule has 0 aromatic heterocycles. The normalized spacial score (nSPS) is 10.8. The van der Waals surface area contributed by atoms with Crippen molar-refractivity contribution in [2.45, 2.75) is 20.1 Å². The Bertz CT molecular complexity index is 614. The average molecular weight is 316 g/mol. The summed E-state index contributed by atoms with van der Waals surface area (Å²) in [5.41, 5.74) is 1.36. The van der Waals surface area contributed by atoms with Gasteiger partial charge in [-0.15, -0.1) is 0 Å².